The minimum Gasteiger partial charge on any atom is -0.338 e. The van der Waals surface area contributed by atoms with Crippen molar-refractivity contribution in [1.29, 1.82) is 0 Å². The molecule has 1 amide bonds. The predicted octanol–water partition coefficient (Wildman–Crippen LogP) is 3.94. The van der Waals surface area contributed by atoms with Crippen molar-refractivity contribution in [1.82, 2.24) is 4.90 Å². The number of benzene rings is 2. The van der Waals surface area contributed by atoms with Gasteiger partial charge in [0, 0.05) is 25.6 Å². The molecular weight excluding hydrogens is 308 g/mol. The second kappa shape index (κ2) is 10.0. The molecule has 0 aliphatic carbocycles. The van der Waals surface area contributed by atoms with Gasteiger partial charge in [0.25, 0.3) is 0 Å². The van der Waals surface area contributed by atoms with Gasteiger partial charge in [-0.1, -0.05) is 67.6 Å². The average Bonchev–Trinajstić information content (AvgIpc) is 2.56. The van der Waals surface area contributed by atoms with Crippen LogP contribution in [-0.2, 0) is 11.3 Å². The van der Waals surface area contributed by atoms with Crippen molar-refractivity contribution in [3.05, 3.63) is 71.8 Å². The van der Waals surface area contributed by atoms with Crippen LogP contribution in [0.15, 0.2) is 60.7 Å². The van der Waals surface area contributed by atoms with Gasteiger partial charge in [-0.05, 0) is 17.5 Å². The molecule has 0 bridgehead atoms. The zero-order chi connectivity index (χ0) is 15.8. The Hall–Kier alpha value is -1.84. The molecule has 0 spiro atoms. The number of nitrogens with two attached hydrogens (primary N) is 1. The molecule has 0 fully saturated rings. The van der Waals surface area contributed by atoms with Gasteiger partial charge >= 0.3 is 0 Å². The van der Waals surface area contributed by atoms with Crippen LogP contribution in [0, 0.1) is 0 Å². The van der Waals surface area contributed by atoms with Crippen LogP contribution in [0.3, 0.4) is 0 Å². The third kappa shape index (κ3) is 6.05. The molecular formula is C19H25ClN2O. The van der Waals surface area contributed by atoms with Gasteiger partial charge in [0.15, 0.2) is 0 Å². The van der Waals surface area contributed by atoms with E-state index in [0.29, 0.717) is 13.0 Å². The number of carbonyl (C=O) groups excluding carboxylic acids is 1. The van der Waals surface area contributed by atoms with E-state index >= 15 is 0 Å². The van der Waals surface area contributed by atoms with Crippen molar-refractivity contribution < 1.29 is 4.79 Å². The fourth-order valence-electron chi connectivity index (χ4n) is 2.50. The summed E-state index contributed by atoms with van der Waals surface area (Å²) in [6.07, 6.45) is 1.29. The maximum absolute atomic E-state index is 12.6. The molecule has 1 unspecified atom stereocenters. The molecule has 0 saturated carbocycles. The number of nitrogens with zero attached hydrogens (tertiary/aromatic N) is 1. The van der Waals surface area contributed by atoms with Crippen LogP contribution in [0.25, 0.3) is 0 Å². The number of halogens is 1. The number of hydrogen-bond donors (Lipinski definition) is 1. The van der Waals surface area contributed by atoms with Gasteiger partial charge < -0.3 is 10.6 Å². The van der Waals surface area contributed by atoms with E-state index in [-0.39, 0.29) is 24.4 Å². The van der Waals surface area contributed by atoms with Gasteiger partial charge in [0.05, 0.1) is 0 Å². The number of amides is 1. The second-order valence-corrected chi connectivity index (χ2v) is 5.52. The largest absolute Gasteiger partial charge is 0.338 e. The number of rotatable bonds is 7. The first-order chi connectivity index (χ1) is 10.7. The fraction of sp³-hybridized carbons (Fsp3) is 0.316. The van der Waals surface area contributed by atoms with Crippen molar-refractivity contribution >= 4 is 18.3 Å². The molecule has 0 aliphatic heterocycles. The van der Waals surface area contributed by atoms with Gasteiger partial charge in [0.1, 0.15) is 0 Å². The monoisotopic (exact) mass is 332 g/mol. The lowest BCUT2D eigenvalue weighted by Gasteiger charge is -2.24. The SMILES string of the molecule is CCCN(Cc1ccccc1)C(=O)CC(N)c1ccccc1.Cl. The molecule has 2 N–H and O–H groups in total. The topological polar surface area (TPSA) is 46.3 Å². The molecule has 124 valence electrons. The standard InChI is InChI=1S/C19H24N2O.ClH/c1-2-13-21(15-16-9-5-3-6-10-16)19(22)14-18(20)17-11-7-4-8-12-17;/h3-12,18H,2,13-15,20H2,1H3;1H. The Labute approximate surface area is 144 Å². The Bertz CT molecular complexity index is 574. The maximum atomic E-state index is 12.6. The highest BCUT2D eigenvalue weighted by atomic mass is 35.5. The van der Waals surface area contributed by atoms with Gasteiger partial charge in [-0.3, -0.25) is 4.79 Å². The van der Waals surface area contributed by atoms with Crippen molar-refractivity contribution in [2.75, 3.05) is 6.54 Å². The van der Waals surface area contributed by atoms with E-state index in [2.05, 4.69) is 6.92 Å². The Balaban J connectivity index is 0.00000264. The minimum atomic E-state index is -0.246. The highest BCUT2D eigenvalue weighted by Gasteiger charge is 2.17. The van der Waals surface area contributed by atoms with E-state index in [1.807, 2.05) is 65.6 Å². The van der Waals surface area contributed by atoms with E-state index in [1.54, 1.807) is 0 Å². The Morgan fingerprint density at radius 2 is 1.61 bits per heavy atom. The summed E-state index contributed by atoms with van der Waals surface area (Å²) in [6.45, 7) is 3.49. The second-order valence-electron chi connectivity index (χ2n) is 5.52. The predicted molar refractivity (Wildman–Crippen MR) is 97.4 cm³/mol. The lowest BCUT2D eigenvalue weighted by Crippen LogP contribution is -2.33. The summed E-state index contributed by atoms with van der Waals surface area (Å²) in [6, 6.07) is 19.6. The van der Waals surface area contributed by atoms with Gasteiger partial charge in [-0.15, -0.1) is 12.4 Å². The van der Waals surface area contributed by atoms with E-state index < -0.39 is 0 Å². The molecule has 0 aliphatic rings. The smallest absolute Gasteiger partial charge is 0.224 e. The third-order valence-corrected chi connectivity index (χ3v) is 3.68. The van der Waals surface area contributed by atoms with Crippen LogP contribution in [0.4, 0.5) is 0 Å². The first-order valence-electron chi connectivity index (χ1n) is 7.83. The van der Waals surface area contributed by atoms with Crippen LogP contribution in [0.2, 0.25) is 0 Å². The molecule has 2 rings (SSSR count). The van der Waals surface area contributed by atoms with Crippen molar-refractivity contribution in [3.8, 4) is 0 Å². The van der Waals surface area contributed by atoms with Crippen LogP contribution in [-0.4, -0.2) is 17.4 Å². The summed E-state index contributed by atoms with van der Waals surface area (Å²) in [5.41, 5.74) is 8.33. The molecule has 4 heteroatoms. The molecule has 23 heavy (non-hydrogen) atoms. The molecule has 2 aromatic carbocycles. The first-order valence-corrected chi connectivity index (χ1v) is 7.83. The zero-order valence-corrected chi connectivity index (χ0v) is 14.3. The van der Waals surface area contributed by atoms with Crippen LogP contribution in [0.1, 0.15) is 36.9 Å². The summed E-state index contributed by atoms with van der Waals surface area (Å²) in [7, 11) is 0. The molecule has 0 heterocycles. The van der Waals surface area contributed by atoms with Crippen molar-refractivity contribution in [2.24, 2.45) is 5.73 Å². The molecule has 1 atom stereocenters. The maximum Gasteiger partial charge on any atom is 0.224 e. The van der Waals surface area contributed by atoms with Crippen LogP contribution >= 0.6 is 12.4 Å². The summed E-state index contributed by atoms with van der Waals surface area (Å²) in [5.74, 6) is 0.113. The van der Waals surface area contributed by atoms with Crippen LogP contribution in [0.5, 0.6) is 0 Å². The van der Waals surface area contributed by atoms with Gasteiger partial charge in [0.2, 0.25) is 5.91 Å². The average molecular weight is 333 g/mol. The highest BCUT2D eigenvalue weighted by molar-refractivity contribution is 5.85. The first kappa shape index (κ1) is 19.2. The summed E-state index contributed by atoms with van der Waals surface area (Å²) < 4.78 is 0. The molecule has 3 nitrogen and oxygen atoms in total. The van der Waals surface area contributed by atoms with Crippen molar-refractivity contribution in [2.45, 2.75) is 32.4 Å². The lowest BCUT2D eigenvalue weighted by molar-refractivity contribution is -0.132. The third-order valence-electron chi connectivity index (χ3n) is 3.68. The van der Waals surface area contributed by atoms with E-state index in [4.69, 9.17) is 5.73 Å². The molecule has 0 radical (unpaired) electrons. The van der Waals surface area contributed by atoms with E-state index in [1.165, 1.54) is 0 Å². The van der Waals surface area contributed by atoms with Crippen LogP contribution < -0.4 is 5.73 Å². The Morgan fingerprint density at radius 3 is 2.17 bits per heavy atom. The summed E-state index contributed by atoms with van der Waals surface area (Å²) in [5, 5.41) is 0. The van der Waals surface area contributed by atoms with Gasteiger partial charge in [-0.2, -0.15) is 0 Å². The fourth-order valence-corrected chi connectivity index (χ4v) is 2.50. The summed E-state index contributed by atoms with van der Waals surface area (Å²) >= 11 is 0. The molecule has 2 aromatic rings. The highest BCUT2D eigenvalue weighted by Crippen LogP contribution is 2.16. The van der Waals surface area contributed by atoms with E-state index in [9.17, 15) is 4.79 Å². The minimum absolute atomic E-state index is 0. The normalized spacial score (nSPS) is 11.4. The molecule has 0 saturated heterocycles. The summed E-state index contributed by atoms with van der Waals surface area (Å²) in [4.78, 5) is 14.5. The Kier molecular flexibility index (Phi) is 8.38. The van der Waals surface area contributed by atoms with Crippen molar-refractivity contribution in [3.63, 3.8) is 0 Å². The quantitative estimate of drug-likeness (QED) is 0.834. The zero-order valence-electron chi connectivity index (χ0n) is 13.5. The van der Waals surface area contributed by atoms with E-state index in [0.717, 1.165) is 24.1 Å². The lowest BCUT2D eigenvalue weighted by atomic mass is 10.0. The number of carbonyl (C=O) groups is 1. The number of hydrogen-bond acceptors (Lipinski definition) is 2. The Morgan fingerprint density at radius 1 is 1.04 bits per heavy atom. The molecule has 0 aromatic heterocycles. The van der Waals surface area contributed by atoms with Gasteiger partial charge in [-0.25, -0.2) is 0 Å².